The Morgan fingerprint density at radius 3 is 2.55 bits per heavy atom. The molecule has 1 aliphatic heterocycles. The zero-order chi connectivity index (χ0) is 20.8. The van der Waals surface area contributed by atoms with Gasteiger partial charge >= 0.3 is 5.97 Å². The minimum Gasteiger partial charge on any atom is -0.484 e. The van der Waals surface area contributed by atoms with Gasteiger partial charge in [-0.3, -0.25) is 9.59 Å². The van der Waals surface area contributed by atoms with E-state index in [9.17, 15) is 14.4 Å². The van der Waals surface area contributed by atoms with Gasteiger partial charge in [0.1, 0.15) is 5.75 Å². The first-order valence-electron chi connectivity index (χ1n) is 9.18. The van der Waals surface area contributed by atoms with Crippen LogP contribution in [0.25, 0.3) is 0 Å². The van der Waals surface area contributed by atoms with E-state index >= 15 is 0 Å². The highest BCUT2D eigenvalue weighted by atomic mass is 32.2. The number of anilines is 1. The molecule has 29 heavy (non-hydrogen) atoms. The van der Waals surface area contributed by atoms with Gasteiger partial charge in [0.2, 0.25) is 0 Å². The first-order valence-corrected chi connectivity index (χ1v) is 10.1. The summed E-state index contributed by atoms with van der Waals surface area (Å²) < 4.78 is 10.4. The van der Waals surface area contributed by atoms with Gasteiger partial charge in [0, 0.05) is 16.7 Å². The molecule has 1 atom stereocenters. The zero-order valence-electron chi connectivity index (χ0n) is 16.0. The van der Waals surface area contributed by atoms with E-state index in [1.807, 2.05) is 24.3 Å². The average molecular weight is 414 g/mol. The summed E-state index contributed by atoms with van der Waals surface area (Å²) in [5.41, 5.74) is 6.15. The molecule has 2 aromatic carbocycles. The van der Waals surface area contributed by atoms with Gasteiger partial charge in [0.05, 0.1) is 11.3 Å². The summed E-state index contributed by atoms with van der Waals surface area (Å²) in [4.78, 5) is 38.5. The van der Waals surface area contributed by atoms with Crippen molar-refractivity contribution in [3.63, 3.8) is 0 Å². The van der Waals surface area contributed by atoms with Crippen LogP contribution in [0.1, 0.15) is 23.7 Å². The van der Waals surface area contributed by atoms with Gasteiger partial charge in [0.15, 0.2) is 13.2 Å². The third-order valence-electron chi connectivity index (χ3n) is 4.34. The number of benzene rings is 2. The van der Waals surface area contributed by atoms with Gasteiger partial charge in [-0.2, -0.15) is 0 Å². The van der Waals surface area contributed by atoms with Crippen LogP contribution in [0.5, 0.6) is 5.75 Å². The lowest BCUT2D eigenvalue weighted by molar-refractivity contribution is -0.121. The van der Waals surface area contributed by atoms with Crippen LogP contribution in [-0.2, 0) is 14.3 Å². The van der Waals surface area contributed by atoms with E-state index in [0.29, 0.717) is 17.5 Å². The smallest absolute Gasteiger partial charge is 0.338 e. The average Bonchev–Trinajstić information content (AvgIpc) is 2.88. The van der Waals surface area contributed by atoms with Crippen LogP contribution in [0.4, 0.5) is 5.69 Å². The lowest BCUT2D eigenvalue weighted by atomic mass is 10.2. The highest BCUT2D eigenvalue weighted by molar-refractivity contribution is 8.00. The molecule has 2 N–H and O–H groups in total. The monoisotopic (exact) mass is 414 g/mol. The predicted octanol–water partition coefficient (Wildman–Crippen LogP) is 2.63. The van der Waals surface area contributed by atoms with Crippen molar-refractivity contribution in [3.05, 3.63) is 54.1 Å². The molecule has 1 heterocycles. The van der Waals surface area contributed by atoms with E-state index < -0.39 is 11.9 Å². The molecule has 0 fully saturated rings. The summed E-state index contributed by atoms with van der Waals surface area (Å²) in [7, 11) is 0. The van der Waals surface area contributed by atoms with Crippen molar-refractivity contribution in [2.45, 2.75) is 23.5 Å². The number of nitrogens with zero attached hydrogens (tertiary/aromatic N) is 1. The van der Waals surface area contributed by atoms with Crippen LogP contribution in [0, 0.1) is 0 Å². The number of primary amides is 1. The number of para-hydroxylation sites is 1. The molecule has 2 aromatic rings. The van der Waals surface area contributed by atoms with Gasteiger partial charge < -0.3 is 20.1 Å². The Kier molecular flexibility index (Phi) is 6.77. The van der Waals surface area contributed by atoms with Crippen LogP contribution in [-0.4, -0.2) is 42.8 Å². The minimum atomic E-state index is -0.606. The molecular weight excluding hydrogens is 392 g/mol. The number of carbonyl (C=O) groups is 3. The summed E-state index contributed by atoms with van der Waals surface area (Å²) >= 11 is 1.74. The van der Waals surface area contributed by atoms with Gasteiger partial charge in [-0.25, -0.2) is 4.79 Å². The molecule has 0 aromatic heterocycles. The first-order chi connectivity index (χ1) is 13.9. The fourth-order valence-corrected chi connectivity index (χ4v) is 3.99. The molecule has 0 spiro atoms. The number of thioether (sulfide) groups is 1. The van der Waals surface area contributed by atoms with E-state index in [0.717, 1.165) is 17.0 Å². The maximum atomic E-state index is 12.7. The van der Waals surface area contributed by atoms with Crippen LogP contribution in [0.3, 0.4) is 0 Å². The molecule has 0 aliphatic carbocycles. The van der Waals surface area contributed by atoms with Crippen molar-refractivity contribution in [1.29, 1.82) is 0 Å². The molecule has 2 amide bonds. The van der Waals surface area contributed by atoms with E-state index in [4.69, 9.17) is 15.2 Å². The van der Waals surface area contributed by atoms with Crippen molar-refractivity contribution in [3.8, 4) is 5.75 Å². The number of hydrogen-bond acceptors (Lipinski definition) is 6. The van der Waals surface area contributed by atoms with E-state index in [2.05, 4.69) is 6.92 Å². The zero-order valence-corrected chi connectivity index (χ0v) is 16.8. The number of hydrogen-bond donors (Lipinski definition) is 1. The Bertz CT molecular complexity index is 900. The topological polar surface area (TPSA) is 98.9 Å². The molecule has 0 unspecified atom stereocenters. The standard InChI is InChI=1S/C21H22N2O5S/c1-14-10-11-23(17-4-2-3-5-18(17)29-14)20(25)13-28-21(26)15-6-8-16(9-7-15)27-12-19(22)24/h2-9,14H,10-13H2,1H3,(H2,22,24)/t14-/m0/s1. The summed E-state index contributed by atoms with van der Waals surface area (Å²) in [6.07, 6.45) is 0.853. The molecular formula is C21H22N2O5S. The van der Waals surface area contributed by atoms with Gasteiger partial charge in [0.25, 0.3) is 11.8 Å². The minimum absolute atomic E-state index is 0.244. The number of fused-ring (bicyclic) bond motifs is 1. The van der Waals surface area contributed by atoms with Gasteiger partial charge in [-0.05, 0) is 42.8 Å². The Morgan fingerprint density at radius 2 is 1.83 bits per heavy atom. The Labute approximate surface area is 173 Å². The lowest BCUT2D eigenvalue weighted by Crippen LogP contribution is -2.35. The largest absolute Gasteiger partial charge is 0.484 e. The second-order valence-electron chi connectivity index (χ2n) is 6.59. The number of carbonyl (C=O) groups excluding carboxylic acids is 3. The van der Waals surface area contributed by atoms with Gasteiger partial charge in [-0.1, -0.05) is 19.1 Å². The van der Waals surface area contributed by atoms with E-state index in [1.54, 1.807) is 16.7 Å². The number of esters is 1. The summed E-state index contributed by atoms with van der Waals surface area (Å²) in [5, 5.41) is 0.395. The third kappa shape index (κ3) is 5.51. The van der Waals surface area contributed by atoms with Crippen molar-refractivity contribution in [2.24, 2.45) is 5.73 Å². The fraction of sp³-hybridized carbons (Fsp3) is 0.286. The molecule has 8 heteroatoms. The van der Waals surface area contributed by atoms with E-state index in [1.165, 1.54) is 24.3 Å². The molecule has 3 rings (SSSR count). The molecule has 1 aliphatic rings. The summed E-state index contributed by atoms with van der Waals surface area (Å²) in [6.45, 7) is 2.12. The maximum Gasteiger partial charge on any atom is 0.338 e. The number of nitrogens with two attached hydrogens (primary N) is 1. The highest BCUT2D eigenvalue weighted by Gasteiger charge is 2.25. The van der Waals surface area contributed by atoms with Crippen LogP contribution in [0.15, 0.2) is 53.4 Å². The molecule has 7 nitrogen and oxygen atoms in total. The van der Waals surface area contributed by atoms with Crippen molar-refractivity contribution in [1.82, 2.24) is 0 Å². The number of rotatable bonds is 6. The Balaban J connectivity index is 1.60. The number of amides is 2. The Hall–Kier alpha value is -3.00. The molecule has 152 valence electrons. The van der Waals surface area contributed by atoms with Crippen LogP contribution < -0.4 is 15.4 Å². The summed E-state index contributed by atoms with van der Waals surface area (Å²) in [5.74, 6) is -1.05. The summed E-state index contributed by atoms with van der Waals surface area (Å²) in [6, 6.07) is 13.8. The second-order valence-corrected chi connectivity index (χ2v) is 8.07. The van der Waals surface area contributed by atoms with Crippen molar-refractivity contribution >= 4 is 35.2 Å². The second kappa shape index (κ2) is 9.47. The molecule has 0 bridgehead atoms. The first kappa shape index (κ1) is 20.7. The molecule has 0 saturated carbocycles. The van der Waals surface area contributed by atoms with Crippen LogP contribution in [0.2, 0.25) is 0 Å². The number of ether oxygens (including phenoxy) is 2. The van der Waals surface area contributed by atoms with Crippen LogP contribution >= 0.6 is 11.8 Å². The lowest BCUT2D eigenvalue weighted by Gasteiger charge is -2.22. The van der Waals surface area contributed by atoms with Crippen molar-refractivity contribution < 1.29 is 23.9 Å². The Morgan fingerprint density at radius 1 is 1.10 bits per heavy atom. The maximum absolute atomic E-state index is 12.7. The molecule has 0 radical (unpaired) electrons. The quantitative estimate of drug-likeness (QED) is 0.730. The van der Waals surface area contributed by atoms with Gasteiger partial charge in [-0.15, -0.1) is 11.8 Å². The normalized spacial score (nSPS) is 15.8. The van der Waals surface area contributed by atoms with E-state index in [-0.39, 0.29) is 24.7 Å². The van der Waals surface area contributed by atoms with Crippen molar-refractivity contribution in [2.75, 3.05) is 24.7 Å². The molecule has 0 saturated heterocycles. The highest BCUT2D eigenvalue weighted by Crippen LogP contribution is 2.37. The predicted molar refractivity (Wildman–Crippen MR) is 110 cm³/mol. The fourth-order valence-electron chi connectivity index (χ4n) is 2.88. The SMILES string of the molecule is C[C@H]1CCN(C(=O)COC(=O)c2ccc(OCC(N)=O)cc2)c2ccccc2S1. The third-order valence-corrected chi connectivity index (χ3v) is 5.58.